The molecule has 0 aromatic heterocycles. The number of hydrogen-bond donors (Lipinski definition) is 3. The number of carbonyl (C=O) groups excluding carboxylic acids is 2. The summed E-state index contributed by atoms with van der Waals surface area (Å²) in [6.45, 7) is 4.62. The van der Waals surface area contributed by atoms with Crippen molar-refractivity contribution in [3.8, 4) is 0 Å². The Hall–Kier alpha value is -1.34. The van der Waals surface area contributed by atoms with Gasteiger partial charge in [0, 0.05) is 12.2 Å². The van der Waals surface area contributed by atoms with E-state index < -0.39 is 6.04 Å². The van der Waals surface area contributed by atoms with E-state index in [4.69, 9.17) is 5.73 Å². The Bertz CT molecular complexity index is 522. The Morgan fingerprint density at radius 3 is 2.16 bits per heavy atom. The predicted octanol–water partition coefficient (Wildman–Crippen LogP) is 1.67. The van der Waals surface area contributed by atoms with E-state index in [1.807, 2.05) is 52.2 Å². The van der Waals surface area contributed by atoms with Crippen LogP contribution in [0.5, 0.6) is 0 Å². The van der Waals surface area contributed by atoms with Gasteiger partial charge in [-0.1, -0.05) is 26.0 Å². The van der Waals surface area contributed by atoms with Gasteiger partial charge in [-0.3, -0.25) is 9.59 Å². The van der Waals surface area contributed by atoms with Crippen molar-refractivity contribution >= 4 is 42.3 Å². The number of nitrogens with one attached hydrogen (secondary N) is 2. The van der Waals surface area contributed by atoms with Gasteiger partial charge in [-0.05, 0) is 44.1 Å². The van der Waals surface area contributed by atoms with Gasteiger partial charge in [0.05, 0.1) is 12.6 Å². The van der Waals surface area contributed by atoms with E-state index in [0.717, 1.165) is 13.0 Å². The van der Waals surface area contributed by atoms with Crippen molar-refractivity contribution in [3.63, 3.8) is 0 Å². The largest absolute Gasteiger partial charge is 0.346 e. The molecule has 1 atom stereocenters. The van der Waals surface area contributed by atoms with Crippen LogP contribution < -0.4 is 16.4 Å². The average Bonchev–Trinajstić information content (AvgIpc) is 2.51. The number of carbonyl (C=O) groups is 2. The van der Waals surface area contributed by atoms with Crippen molar-refractivity contribution in [3.05, 3.63) is 29.8 Å². The number of halogens is 2. The first-order valence-electron chi connectivity index (χ1n) is 7.86. The highest BCUT2D eigenvalue weighted by Crippen LogP contribution is 2.10. The standard InChI is InChI=1S/C17H28N4O2.2ClH/c1-12(2)16(18)17(23)19-11-15(22)20-14-7-5-13(6-8-14)9-10-21(3)4;;/h5-8,12,16H,9-11,18H2,1-4H3,(H,19,23)(H,20,22);2*1H/t16-;;/m0../s1. The lowest BCUT2D eigenvalue weighted by molar-refractivity contribution is -0.125. The van der Waals surface area contributed by atoms with Crippen molar-refractivity contribution in [2.45, 2.75) is 26.3 Å². The van der Waals surface area contributed by atoms with Gasteiger partial charge in [0.2, 0.25) is 11.8 Å². The Morgan fingerprint density at radius 2 is 1.68 bits per heavy atom. The number of amides is 2. The molecular formula is C17H30Cl2N4O2. The Labute approximate surface area is 162 Å². The first-order chi connectivity index (χ1) is 10.8. The van der Waals surface area contributed by atoms with Gasteiger partial charge in [-0.2, -0.15) is 0 Å². The van der Waals surface area contributed by atoms with E-state index in [1.54, 1.807) is 0 Å². The zero-order chi connectivity index (χ0) is 17.4. The van der Waals surface area contributed by atoms with Crippen LogP contribution in [0.1, 0.15) is 19.4 Å². The number of nitrogens with two attached hydrogens (primary N) is 1. The second-order valence-corrected chi connectivity index (χ2v) is 6.29. The van der Waals surface area contributed by atoms with Crippen LogP contribution in [0.2, 0.25) is 0 Å². The highest BCUT2D eigenvalue weighted by molar-refractivity contribution is 5.95. The molecular weight excluding hydrogens is 363 g/mol. The first-order valence-corrected chi connectivity index (χ1v) is 7.86. The summed E-state index contributed by atoms with van der Waals surface area (Å²) < 4.78 is 0. The highest BCUT2D eigenvalue weighted by atomic mass is 35.5. The molecule has 0 spiro atoms. The summed E-state index contributed by atoms with van der Waals surface area (Å²) in [6.07, 6.45) is 0.963. The molecule has 0 fully saturated rings. The third-order valence-electron chi connectivity index (χ3n) is 3.53. The second-order valence-electron chi connectivity index (χ2n) is 6.29. The fourth-order valence-electron chi connectivity index (χ4n) is 1.90. The zero-order valence-electron chi connectivity index (χ0n) is 15.2. The van der Waals surface area contributed by atoms with Gasteiger partial charge >= 0.3 is 0 Å². The Morgan fingerprint density at radius 1 is 1.12 bits per heavy atom. The number of likely N-dealkylation sites (N-methyl/N-ethyl adjacent to an activating group) is 1. The van der Waals surface area contributed by atoms with Crippen molar-refractivity contribution in [1.29, 1.82) is 0 Å². The molecule has 0 saturated heterocycles. The van der Waals surface area contributed by atoms with E-state index in [-0.39, 0.29) is 49.1 Å². The molecule has 0 aliphatic rings. The summed E-state index contributed by atoms with van der Waals surface area (Å²) in [4.78, 5) is 25.7. The highest BCUT2D eigenvalue weighted by Gasteiger charge is 2.17. The van der Waals surface area contributed by atoms with E-state index in [0.29, 0.717) is 5.69 Å². The van der Waals surface area contributed by atoms with Crippen LogP contribution in [0.15, 0.2) is 24.3 Å². The number of anilines is 1. The fourth-order valence-corrected chi connectivity index (χ4v) is 1.90. The van der Waals surface area contributed by atoms with E-state index in [9.17, 15) is 9.59 Å². The van der Waals surface area contributed by atoms with Gasteiger partial charge < -0.3 is 21.3 Å². The topological polar surface area (TPSA) is 87.5 Å². The molecule has 0 saturated carbocycles. The summed E-state index contributed by atoms with van der Waals surface area (Å²) in [5.41, 5.74) is 7.65. The molecule has 1 aromatic carbocycles. The van der Waals surface area contributed by atoms with Crippen LogP contribution >= 0.6 is 24.8 Å². The van der Waals surface area contributed by atoms with Gasteiger partial charge in [0.25, 0.3) is 0 Å². The van der Waals surface area contributed by atoms with E-state index in [1.165, 1.54) is 5.56 Å². The second kappa shape index (κ2) is 12.9. The summed E-state index contributed by atoms with van der Waals surface area (Å²) in [7, 11) is 4.07. The molecule has 144 valence electrons. The lowest BCUT2D eigenvalue weighted by Gasteiger charge is -2.15. The van der Waals surface area contributed by atoms with Crippen molar-refractivity contribution in [2.24, 2.45) is 11.7 Å². The van der Waals surface area contributed by atoms with Crippen LogP contribution in [0, 0.1) is 5.92 Å². The molecule has 0 radical (unpaired) electrons. The summed E-state index contributed by atoms with van der Waals surface area (Å²) in [5.74, 6) is -0.544. The monoisotopic (exact) mass is 392 g/mol. The fraction of sp³-hybridized carbons (Fsp3) is 0.529. The molecule has 0 unspecified atom stereocenters. The van der Waals surface area contributed by atoms with Gasteiger partial charge in [-0.25, -0.2) is 0 Å². The molecule has 0 bridgehead atoms. The maximum Gasteiger partial charge on any atom is 0.243 e. The number of hydrogen-bond acceptors (Lipinski definition) is 4. The van der Waals surface area contributed by atoms with Gasteiger partial charge in [0.1, 0.15) is 0 Å². The maximum absolute atomic E-state index is 11.8. The number of rotatable bonds is 8. The Balaban J connectivity index is 0. The summed E-state index contributed by atoms with van der Waals surface area (Å²) in [5, 5.41) is 5.30. The van der Waals surface area contributed by atoms with Crippen LogP contribution in [-0.2, 0) is 16.0 Å². The molecule has 1 aromatic rings. The molecule has 6 nitrogen and oxygen atoms in total. The molecule has 4 N–H and O–H groups in total. The van der Waals surface area contributed by atoms with Crippen molar-refractivity contribution < 1.29 is 9.59 Å². The van der Waals surface area contributed by atoms with Crippen LogP contribution in [0.3, 0.4) is 0 Å². The summed E-state index contributed by atoms with van der Waals surface area (Å²) >= 11 is 0. The minimum atomic E-state index is -0.598. The molecule has 0 heterocycles. The molecule has 8 heteroatoms. The maximum atomic E-state index is 11.8. The number of benzene rings is 1. The van der Waals surface area contributed by atoms with Crippen LogP contribution in [-0.4, -0.2) is 49.9 Å². The quantitative estimate of drug-likeness (QED) is 0.627. The normalized spacial score (nSPS) is 11.3. The summed E-state index contributed by atoms with van der Waals surface area (Å²) in [6, 6.07) is 7.12. The molecule has 1 rings (SSSR count). The Kier molecular flexibility index (Phi) is 13.4. The molecule has 25 heavy (non-hydrogen) atoms. The SMILES string of the molecule is CC(C)[C@H](N)C(=O)NCC(=O)Nc1ccc(CCN(C)C)cc1.Cl.Cl. The van der Waals surface area contributed by atoms with Gasteiger partial charge in [-0.15, -0.1) is 24.8 Å². The lowest BCUT2D eigenvalue weighted by Crippen LogP contribution is -2.46. The molecule has 0 aliphatic carbocycles. The van der Waals surface area contributed by atoms with Crippen molar-refractivity contribution in [2.75, 3.05) is 32.5 Å². The minimum Gasteiger partial charge on any atom is -0.346 e. The third-order valence-corrected chi connectivity index (χ3v) is 3.53. The van der Waals surface area contributed by atoms with E-state index in [2.05, 4.69) is 15.5 Å². The van der Waals surface area contributed by atoms with Gasteiger partial charge in [0.15, 0.2) is 0 Å². The average molecular weight is 393 g/mol. The molecule has 2 amide bonds. The predicted molar refractivity (Wildman–Crippen MR) is 108 cm³/mol. The minimum absolute atomic E-state index is 0. The number of nitrogens with zero attached hydrogens (tertiary/aromatic N) is 1. The lowest BCUT2D eigenvalue weighted by atomic mass is 10.1. The van der Waals surface area contributed by atoms with Crippen LogP contribution in [0.4, 0.5) is 5.69 Å². The van der Waals surface area contributed by atoms with E-state index >= 15 is 0 Å². The first kappa shape index (κ1) is 25.9. The smallest absolute Gasteiger partial charge is 0.243 e. The molecule has 0 aliphatic heterocycles. The van der Waals surface area contributed by atoms with Crippen molar-refractivity contribution in [1.82, 2.24) is 10.2 Å². The van der Waals surface area contributed by atoms with Crippen LogP contribution in [0.25, 0.3) is 0 Å². The third kappa shape index (κ3) is 10.3. The zero-order valence-corrected chi connectivity index (χ0v) is 16.9.